The normalized spacial score (nSPS) is 11.6. The third-order valence-electron chi connectivity index (χ3n) is 3.31. The zero-order chi connectivity index (χ0) is 15.2. The van der Waals surface area contributed by atoms with Gasteiger partial charge in [-0.25, -0.2) is 0 Å². The molecule has 0 saturated carbocycles. The van der Waals surface area contributed by atoms with E-state index in [-0.39, 0.29) is 5.78 Å². The lowest BCUT2D eigenvalue weighted by Gasteiger charge is -2.13. The van der Waals surface area contributed by atoms with Gasteiger partial charge in [-0.05, 0) is 0 Å². The molecule has 0 amide bonds. The molecule has 2 aromatic carbocycles. The lowest BCUT2D eigenvalue weighted by atomic mass is 10.00. The van der Waals surface area contributed by atoms with Crippen molar-refractivity contribution in [2.24, 2.45) is 0 Å². The molecule has 3 aromatic rings. The van der Waals surface area contributed by atoms with E-state index in [1.165, 1.54) is 0 Å². The molecule has 0 fully saturated rings. The summed E-state index contributed by atoms with van der Waals surface area (Å²) >= 11 is 0. The molecule has 3 nitrogen and oxygen atoms in total. The van der Waals surface area contributed by atoms with Gasteiger partial charge < -0.3 is 0 Å². The Bertz CT molecular complexity index is 727. The third-order valence-corrected chi connectivity index (χ3v) is 3.31. The quantitative estimate of drug-likeness (QED) is 0.534. The Labute approximate surface area is 129 Å². The van der Waals surface area contributed by atoms with Crippen molar-refractivity contribution in [3.05, 3.63) is 102 Å². The van der Waals surface area contributed by atoms with Crippen molar-refractivity contribution in [2.45, 2.75) is 6.10 Å². The van der Waals surface area contributed by atoms with E-state index in [1.807, 2.05) is 66.7 Å². The van der Waals surface area contributed by atoms with E-state index in [9.17, 15) is 4.79 Å². The van der Waals surface area contributed by atoms with Crippen molar-refractivity contribution >= 4 is 5.78 Å². The number of aromatic nitrogens is 1. The van der Waals surface area contributed by atoms with Crippen LogP contribution in [-0.2, 0) is 0 Å². The molecule has 1 heterocycles. The molecule has 0 saturated heterocycles. The van der Waals surface area contributed by atoms with Gasteiger partial charge in [-0.15, -0.1) is 0 Å². The topological polar surface area (TPSA) is 30.2 Å². The fourth-order valence-electron chi connectivity index (χ4n) is 2.22. The molecule has 1 aromatic heterocycles. The lowest BCUT2D eigenvalue weighted by molar-refractivity contribution is -0.897. The molecule has 0 aliphatic heterocycles. The minimum absolute atomic E-state index is 0.0665. The van der Waals surface area contributed by atoms with E-state index < -0.39 is 6.10 Å². The van der Waals surface area contributed by atoms with E-state index in [0.29, 0.717) is 5.56 Å². The average molecular weight is 290 g/mol. The highest BCUT2D eigenvalue weighted by atomic mass is 16.7. The van der Waals surface area contributed by atoms with Gasteiger partial charge in [0.25, 0.3) is 6.10 Å². The van der Waals surface area contributed by atoms with E-state index in [0.717, 1.165) is 5.56 Å². The first-order chi connectivity index (χ1) is 10.8. The predicted octanol–water partition coefficient (Wildman–Crippen LogP) is 3.03. The Morgan fingerprint density at radius 3 is 1.95 bits per heavy atom. The van der Waals surface area contributed by atoms with Crippen LogP contribution in [0.3, 0.4) is 0 Å². The fourth-order valence-corrected chi connectivity index (χ4v) is 2.22. The summed E-state index contributed by atoms with van der Waals surface area (Å²) < 4.78 is 1.55. The summed E-state index contributed by atoms with van der Waals surface area (Å²) in [5.41, 5.74) is 1.46. The molecule has 0 aliphatic carbocycles. The van der Waals surface area contributed by atoms with Crippen LogP contribution in [0.4, 0.5) is 0 Å². The second-order valence-electron chi connectivity index (χ2n) is 4.86. The van der Waals surface area contributed by atoms with Crippen molar-refractivity contribution in [1.82, 2.24) is 0 Å². The summed E-state index contributed by atoms with van der Waals surface area (Å²) in [5.74, 6) is -0.0665. The van der Waals surface area contributed by atoms with Crippen LogP contribution < -0.4 is 9.57 Å². The summed E-state index contributed by atoms with van der Waals surface area (Å²) in [5, 5.41) is 0. The maximum absolute atomic E-state index is 12.8. The summed E-state index contributed by atoms with van der Waals surface area (Å²) in [6.45, 7) is 0. The monoisotopic (exact) mass is 290 g/mol. The zero-order valence-corrected chi connectivity index (χ0v) is 12.0. The standard InChI is InChI=1S/C19H16NO2/c21-18(16-10-4-1-5-11-16)19(17-12-6-2-7-13-17)22-20-14-8-3-9-15-20/h1-15,19H/q+1. The van der Waals surface area contributed by atoms with E-state index in [2.05, 4.69) is 0 Å². The van der Waals surface area contributed by atoms with Gasteiger partial charge in [0, 0.05) is 28.0 Å². The predicted molar refractivity (Wildman–Crippen MR) is 83.2 cm³/mol. The molecule has 0 bridgehead atoms. The van der Waals surface area contributed by atoms with Gasteiger partial charge >= 0.3 is 0 Å². The molecule has 0 N–H and O–H groups in total. The van der Waals surface area contributed by atoms with Gasteiger partial charge in [-0.2, -0.15) is 0 Å². The van der Waals surface area contributed by atoms with Crippen LogP contribution in [0.15, 0.2) is 91.3 Å². The van der Waals surface area contributed by atoms with Gasteiger partial charge in [0.15, 0.2) is 0 Å². The first-order valence-electron chi connectivity index (χ1n) is 7.12. The number of pyridine rings is 1. The Morgan fingerprint density at radius 2 is 1.32 bits per heavy atom. The van der Waals surface area contributed by atoms with Gasteiger partial charge in [0.05, 0.1) is 0 Å². The van der Waals surface area contributed by atoms with Gasteiger partial charge in [-0.1, -0.05) is 66.7 Å². The number of carbonyl (C=O) groups excluding carboxylic acids is 1. The number of hydrogen-bond donors (Lipinski definition) is 0. The summed E-state index contributed by atoms with van der Waals surface area (Å²) in [6, 6.07) is 24.3. The second kappa shape index (κ2) is 6.68. The van der Waals surface area contributed by atoms with Crippen LogP contribution in [0.5, 0.6) is 0 Å². The maximum atomic E-state index is 12.8. The number of hydrogen-bond acceptors (Lipinski definition) is 2. The Kier molecular flexibility index (Phi) is 4.25. The molecule has 108 valence electrons. The van der Waals surface area contributed by atoms with Crippen molar-refractivity contribution in [3.63, 3.8) is 0 Å². The minimum atomic E-state index is -0.684. The minimum Gasteiger partial charge on any atom is -0.289 e. The van der Waals surface area contributed by atoms with Gasteiger partial charge in [0.2, 0.25) is 18.2 Å². The molecule has 0 aliphatic rings. The Hall–Kier alpha value is -2.94. The number of rotatable bonds is 5. The highest BCUT2D eigenvalue weighted by molar-refractivity contribution is 6.00. The van der Waals surface area contributed by atoms with Crippen molar-refractivity contribution in [2.75, 3.05) is 0 Å². The number of Topliss-reactive ketones (excluding diaryl/α,β-unsaturated/α-hetero) is 1. The number of carbonyl (C=O) groups is 1. The smallest absolute Gasteiger partial charge is 0.257 e. The van der Waals surface area contributed by atoms with Crippen molar-refractivity contribution in [1.29, 1.82) is 0 Å². The van der Waals surface area contributed by atoms with Crippen molar-refractivity contribution in [3.8, 4) is 0 Å². The maximum Gasteiger partial charge on any atom is 0.257 e. The highest BCUT2D eigenvalue weighted by Crippen LogP contribution is 2.19. The lowest BCUT2D eigenvalue weighted by Crippen LogP contribution is -2.45. The zero-order valence-electron chi connectivity index (χ0n) is 12.0. The summed E-state index contributed by atoms with van der Waals surface area (Å²) in [6.07, 6.45) is 2.86. The Balaban J connectivity index is 1.95. The first kappa shape index (κ1) is 14.0. The number of ketones is 1. The first-order valence-corrected chi connectivity index (χ1v) is 7.12. The molecule has 0 spiro atoms. The van der Waals surface area contributed by atoms with Crippen LogP contribution in [0.2, 0.25) is 0 Å². The Morgan fingerprint density at radius 1 is 0.773 bits per heavy atom. The SMILES string of the molecule is O=C(c1ccccc1)C(O[n+]1ccccc1)c1ccccc1. The summed E-state index contributed by atoms with van der Waals surface area (Å²) in [4.78, 5) is 18.7. The van der Waals surface area contributed by atoms with Crippen LogP contribution in [-0.4, -0.2) is 5.78 Å². The van der Waals surface area contributed by atoms with Crippen LogP contribution in [0, 0.1) is 0 Å². The fraction of sp³-hybridized carbons (Fsp3) is 0.0526. The molecular formula is C19H16NO2+. The largest absolute Gasteiger partial charge is 0.289 e. The number of benzene rings is 2. The van der Waals surface area contributed by atoms with Gasteiger partial charge in [-0.3, -0.25) is 9.63 Å². The van der Waals surface area contributed by atoms with Crippen LogP contribution >= 0.6 is 0 Å². The molecule has 3 heteroatoms. The van der Waals surface area contributed by atoms with E-state index in [1.54, 1.807) is 29.3 Å². The van der Waals surface area contributed by atoms with E-state index >= 15 is 0 Å². The molecule has 22 heavy (non-hydrogen) atoms. The molecule has 3 rings (SSSR count). The van der Waals surface area contributed by atoms with Gasteiger partial charge in [0.1, 0.15) is 0 Å². The van der Waals surface area contributed by atoms with Crippen LogP contribution in [0.1, 0.15) is 22.0 Å². The number of nitrogens with zero attached hydrogens (tertiary/aromatic N) is 1. The van der Waals surface area contributed by atoms with E-state index in [4.69, 9.17) is 4.84 Å². The average Bonchev–Trinajstić information content (AvgIpc) is 2.61. The summed E-state index contributed by atoms with van der Waals surface area (Å²) in [7, 11) is 0. The second-order valence-corrected chi connectivity index (χ2v) is 4.86. The van der Waals surface area contributed by atoms with Crippen molar-refractivity contribution < 1.29 is 14.4 Å². The van der Waals surface area contributed by atoms with Crippen LogP contribution in [0.25, 0.3) is 0 Å². The molecule has 0 radical (unpaired) electrons. The third kappa shape index (κ3) is 3.20. The molecule has 1 atom stereocenters. The highest BCUT2D eigenvalue weighted by Gasteiger charge is 2.27. The molecular weight excluding hydrogens is 274 g/mol. The molecule has 1 unspecified atom stereocenters.